The lowest BCUT2D eigenvalue weighted by molar-refractivity contribution is -0.139. The SMILES string of the molecule is COC(=O)c1ccc(/C=C/C(=O)OCc2ncc(-c3ccccc3)o2)cc1. The fraction of sp³-hybridized carbons (Fsp3) is 0.0952. The number of oxazole rings is 1. The normalized spacial score (nSPS) is 10.7. The summed E-state index contributed by atoms with van der Waals surface area (Å²) in [6, 6.07) is 16.2. The summed E-state index contributed by atoms with van der Waals surface area (Å²) in [4.78, 5) is 27.3. The molecule has 0 N–H and O–H groups in total. The third-order valence-electron chi connectivity index (χ3n) is 3.69. The van der Waals surface area contributed by atoms with Gasteiger partial charge in [0.2, 0.25) is 5.89 Å². The fourth-order valence-corrected chi connectivity index (χ4v) is 2.31. The van der Waals surface area contributed by atoms with Crippen LogP contribution in [0.25, 0.3) is 17.4 Å². The van der Waals surface area contributed by atoms with Crippen LogP contribution < -0.4 is 0 Å². The van der Waals surface area contributed by atoms with Crippen molar-refractivity contribution in [3.63, 3.8) is 0 Å². The number of carbonyl (C=O) groups excluding carboxylic acids is 2. The van der Waals surface area contributed by atoms with Crippen LogP contribution in [0.4, 0.5) is 0 Å². The Balaban J connectivity index is 1.53. The van der Waals surface area contributed by atoms with Crippen molar-refractivity contribution in [1.29, 1.82) is 0 Å². The molecule has 0 aliphatic rings. The maximum atomic E-state index is 11.8. The number of aromatic nitrogens is 1. The van der Waals surface area contributed by atoms with Crippen molar-refractivity contribution < 1.29 is 23.5 Å². The van der Waals surface area contributed by atoms with Crippen LogP contribution in [0.15, 0.2) is 71.3 Å². The van der Waals surface area contributed by atoms with E-state index in [0.29, 0.717) is 17.2 Å². The third kappa shape index (κ3) is 4.92. The lowest BCUT2D eigenvalue weighted by Crippen LogP contribution is -2.01. The summed E-state index contributed by atoms with van der Waals surface area (Å²) < 4.78 is 15.3. The predicted molar refractivity (Wildman–Crippen MR) is 98.6 cm³/mol. The molecule has 1 aromatic heterocycles. The molecule has 0 spiro atoms. The number of ether oxygens (including phenoxy) is 2. The zero-order valence-corrected chi connectivity index (χ0v) is 14.6. The smallest absolute Gasteiger partial charge is 0.337 e. The number of hydrogen-bond donors (Lipinski definition) is 0. The molecule has 0 atom stereocenters. The van der Waals surface area contributed by atoms with Gasteiger partial charge in [-0.2, -0.15) is 0 Å². The van der Waals surface area contributed by atoms with Crippen molar-refractivity contribution in [3.8, 4) is 11.3 Å². The van der Waals surface area contributed by atoms with E-state index in [2.05, 4.69) is 9.72 Å². The first-order valence-electron chi connectivity index (χ1n) is 8.19. The zero-order valence-electron chi connectivity index (χ0n) is 14.6. The quantitative estimate of drug-likeness (QED) is 0.488. The van der Waals surface area contributed by atoms with Crippen LogP contribution >= 0.6 is 0 Å². The van der Waals surface area contributed by atoms with E-state index < -0.39 is 11.9 Å². The summed E-state index contributed by atoms with van der Waals surface area (Å²) in [5.74, 6) is -0.00168. The van der Waals surface area contributed by atoms with Crippen molar-refractivity contribution in [3.05, 3.63) is 83.9 Å². The molecule has 3 rings (SSSR count). The van der Waals surface area contributed by atoms with E-state index in [4.69, 9.17) is 9.15 Å². The summed E-state index contributed by atoms with van der Waals surface area (Å²) in [5.41, 5.74) is 2.09. The zero-order chi connectivity index (χ0) is 19.1. The molecule has 136 valence electrons. The summed E-state index contributed by atoms with van der Waals surface area (Å²) in [6.07, 6.45) is 4.49. The Bertz CT molecular complexity index is 942. The Morgan fingerprint density at radius 1 is 1.07 bits per heavy atom. The molecule has 0 fully saturated rings. The minimum Gasteiger partial charge on any atom is -0.465 e. The highest BCUT2D eigenvalue weighted by Crippen LogP contribution is 2.20. The van der Waals surface area contributed by atoms with Gasteiger partial charge < -0.3 is 13.9 Å². The Hall–Kier alpha value is -3.67. The van der Waals surface area contributed by atoms with Gasteiger partial charge in [0.05, 0.1) is 18.9 Å². The lowest BCUT2D eigenvalue weighted by atomic mass is 10.1. The average Bonchev–Trinajstić information content (AvgIpc) is 3.20. The molecule has 0 saturated heterocycles. The number of carbonyl (C=O) groups is 2. The van der Waals surface area contributed by atoms with Gasteiger partial charge in [-0.05, 0) is 23.8 Å². The Labute approximate surface area is 156 Å². The fourth-order valence-electron chi connectivity index (χ4n) is 2.31. The van der Waals surface area contributed by atoms with Crippen LogP contribution in [-0.4, -0.2) is 24.0 Å². The number of hydrogen-bond acceptors (Lipinski definition) is 6. The van der Waals surface area contributed by atoms with Crippen LogP contribution in [0.5, 0.6) is 0 Å². The molecule has 1 heterocycles. The van der Waals surface area contributed by atoms with Gasteiger partial charge in [-0.25, -0.2) is 14.6 Å². The minimum absolute atomic E-state index is 0.0582. The first-order chi connectivity index (χ1) is 13.2. The Morgan fingerprint density at radius 2 is 1.81 bits per heavy atom. The Morgan fingerprint density at radius 3 is 2.52 bits per heavy atom. The molecular formula is C21H17NO5. The van der Waals surface area contributed by atoms with E-state index in [1.54, 1.807) is 36.5 Å². The summed E-state index contributed by atoms with van der Waals surface area (Å²) in [7, 11) is 1.32. The first kappa shape index (κ1) is 18.1. The largest absolute Gasteiger partial charge is 0.465 e. The second-order valence-corrected chi connectivity index (χ2v) is 5.54. The summed E-state index contributed by atoms with van der Waals surface area (Å²) in [5, 5.41) is 0. The number of methoxy groups -OCH3 is 1. The average molecular weight is 363 g/mol. The van der Waals surface area contributed by atoms with Crippen molar-refractivity contribution >= 4 is 18.0 Å². The molecule has 27 heavy (non-hydrogen) atoms. The van der Waals surface area contributed by atoms with E-state index in [1.807, 2.05) is 30.3 Å². The predicted octanol–water partition coefficient (Wildman–Crippen LogP) is 3.88. The molecule has 0 saturated carbocycles. The molecule has 0 bridgehead atoms. The highest BCUT2D eigenvalue weighted by Gasteiger charge is 2.08. The highest BCUT2D eigenvalue weighted by atomic mass is 16.5. The molecule has 6 nitrogen and oxygen atoms in total. The molecule has 0 amide bonds. The molecule has 0 aliphatic heterocycles. The lowest BCUT2D eigenvalue weighted by Gasteiger charge is -2.00. The summed E-state index contributed by atoms with van der Waals surface area (Å²) in [6.45, 7) is -0.0582. The Kier molecular flexibility index (Phi) is 5.79. The van der Waals surface area contributed by atoms with Crippen LogP contribution in [-0.2, 0) is 20.9 Å². The molecular weight excluding hydrogens is 346 g/mol. The number of rotatable bonds is 6. The molecule has 0 radical (unpaired) electrons. The first-order valence-corrected chi connectivity index (χ1v) is 8.19. The van der Waals surface area contributed by atoms with Gasteiger partial charge >= 0.3 is 11.9 Å². The molecule has 3 aromatic rings. The van der Waals surface area contributed by atoms with Gasteiger partial charge in [-0.3, -0.25) is 0 Å². The second-order valence-electron chi connectivity index (χ2n) is 5.54. The van der Waals surface area contributed by atoms with Crippen molar-refractivity contribution in [2.45, 2.75) is 6.61 Å². The van der Waals surface area contributed by atoms with Crippen LogP contribution in [0, 0.1) is 0 Å². The van der Waals surface area contributed by atoms with Gasteiger partial charge in [-0.15, -0.1) is 0 Å². The van der Waals surface area contributed by atoms with Gasteiger partial charge in [0.25, 0.3) is 0 Å². The summed E-state index contributed by atoms with van der Waals surface area (Å²) >= 11 is 0. The van der Waals surface area contributed by atoms with E-state index in [0.717, 1.165) is 11.1 Å². The van der Waals surface area contributed by atoms with Crippen molar-refractivity contribution in [2.24, 2.45) is 0 Å². The van der Waals surface area contributed by atoms with Crippen LogP contribution in [0.2, 0.25) is 0 Å². The molecule has 0 unspecified atom stereocenters. The van der Waals surface area contributed by atoms with Crippen molar-refractivity contribution in [2.75, 3.05) is 7.11 Å². The maximum Gasteiger partial charge on any atom is 0.337 e. The number of esters is 2. The number of benzene rings is 2. The highest BCUT2D eigenvalue weighted by molar-refractivity contribution is 5.90. The maximum absolute atomic E-state index is 11.8. The number of nitrogens with zero attached hydrogens (tertiary/aromatic N) is 1. The van der Waals surface area contributed by atoms with Gasteiger partial charge in [0.1, 0.15) is 0 Å². The third-order valence-corrected chi connectivity index (χ3v) is 3.69. The second kappa shape index (κ2) is 8.62. The molecule has 0 aliphatic carbocycles. The molecule has 6 heteroatoms. The van der Waals surface area contributed by atoms with Crippen molar-refractivity contribution in [1.82, 2.24) is 4.98 Å². The van der Waals surface area contributed by atoms with E-state index in [1.165, 1.54) is 13.2 Å². The van der Waals surface area contributed by atoms with Crippen LogP contribution in [0.1, 0.15) is 21.8 Å². The molecule has 2 aromatic carbocycles. The minimum atomic E-state index is -0.522. The van der Waals surface area contributed by atoms with E-state index in [-0.39, 0.29) is 6.61 Å². The van der Waals surface area contributed by atoms with E-state index in [9.17, 15) is 9.59 Å². The monoisotopic (exact) mass is 363 g/mol. The van der Waals surface area contributed by atoms with Gasteiger partial charge in [0, 0.05) is 11.6 Å². The standard InChI is InChI=1S/C21H17NO5/c1-25-21(24)17-10-7-15(8-11-17)9-12-20(23)26-14-19-22-13-18(27-19)16-5-3-2-4-6-16/h2-13H,14H2,1H3/b12-9+. The van der Waals surface area contributed by atoms with Gasteiger partial charge in [0.15, 0.2) is 12.4 Å². The topological polar surface area (TPSA) is 78.6 Å². The van der Waals surface area contributed by atoms with Gasteiger partial charge in [-0.1, -0.05) is 42.5 Å². The van der Waals surface area contributed by atoms with Crippen LogP contribution in [0.3, 0.4) is 0 Å². The van der Waals surface area contributed by atoms with E-state index >= 15 is 0 Å².